The van der Waals surface area contributed by atoms with Gasteiger partial charge in [-0.1, -0.05) is 30.0 Å². The molecule has 45 heavy (non-hydrogen) atoms. The van der Waals surface area contributed by atoms with E-state index in [0.717, 1.165) is 46.3 Å². The molecule has 2 aromatic heterocycles. The van der Waals surface area contributed by atoms with Crippen molar-refractivity contribution in [3.8, 4) is 0 Å². The molecule has 7 nitrogen and oxygen atoms in total. The molecule has 1 aliphatic carbocycles. The van der Waals surface area contributed by atoms with Crippen LogP contribution in [0.4, 0.5) is 17.6 Å². The summed E-state index contributed by atoms with van der Waals surface area (Å²) in [6.07, 6.45) is -0.357. The maximum atomic E-state index is 14.2. The van der Waals surface area contributed by atoms with E-state index >= 15 is 0 Å². The first-order valence-corrected chi connectivity index (χ1v) is 15.9. The monoisotopic (exact) mass is 655 g/mol. The molecule has 13 heteroatoms. The highest BCUT2D eigenvalue weighted by Crippen LogP contribution is 2.43. The van der Waals surface area contributed by atoms with E-state index in [1.807, 2.05) is 25.1 Å². The summed E-state index contributed by atoms with van der Waals surface area (Å²) < 4.78 is 69.6. The Hall–Kier alpha value is -4.49. The minimum atomic E-state index is -4.48. The molecule has 232 valence electrons. The van der Waals surface area contributed by atoms with Gasteiger partial charge < -0.3 is 4.42 Å². The zero-order chi connectivity index (χ0) is 32.3. The average Bonchev–Trinajstić information content (AvgIpc) is 3.58. The van der Waals surface area contributed by atoms with Gasteiger partial charge in [0.1, 0.15) is 11.6 Å². The van der Waals surface area contributed by atoms with Crippen LogP contribution in [0.2, 0.25) is 0 Å². The number of nitrogens with zero attached hydrogens (tertiary/aromatic N) is 1. The predicted molar refractivity (Wildman–Crippen MR) is 163 cm³/mol. The SMILES string of the molecule is CC1=C(CC(=O)NNC(=O)c2ccc(CSc3ccc(C(F)(F)F)cn3)o2)c2cc(F)ccc2/C1=C\c1ccc(S(C)=O)cc1. The van der Waals surface area contributed by atoms with Crippen molar-refractivity contribution in [3.63, 3.8) is 0 Å². The number of hydrogen-bond donors (Lipinski definition) is 2. The molecular formula is C32H25F4N3O4S2. The number of allylic oxidation sites excluding steroid dienone is 2. The fourth-order valence-corrected chi connectivity index (χ4v) is 5.91. The summed E-state index contributed by atoms with van der Waals surface area (Å²) in [4.78, 5) is 30.0. The lowest BCUT2D eigenvalue weighted by atomic mass is 10.0. The van der Waals surface area contributed by atoms with Crippen molar-refractivity contribution in [2.24, 2.45) is 0 Å². The van der Waals surface area contributed by atoms with Gasteiger partial charge in [-0.05, 0) is 94.9 Å². The number of carbonyl (C=O) groups excluding carboxylic acids is 2. The Morgan fingerprint density at radius 3 is 2.42 bits per heavy atom. The third kappa shape index (κ3) is 7.60. The summed E-state index contributed by atoms with van der Waals surface area (Å²) >= 11 is 1.13. The number of hydrogen-bond acceptors (Lipinski definition) is 6. The van der Waals surface area contributed by atoms with Crippen molar-refractivity contribution in [2.45, 2.75) is 35.2 Å². The maximum Gasteiger partial charge on any atom is 0.417 e. The molecule has 2 N–H and O–H groups in total. The van der Waals surface area contributed by atoms with E-state index < -0.39 is 40.2 Å². The summed E-state index contributed by atoms with van der Waals surface area (Å²) in [6.45, 7) is 1.84. The molecule has 2 heterocycles. The molecule has 0 radical (unpaired) electrons. The molecule has 5 rings (SSSR count). The number of alkyl halides is 3. The second-order valence-electron chi connectivity index (χ2n) is 9.99. The molecule has 4 aromatic rings. The topological polar surface area (TPSA) is 101 Å². The molecule has 0 fully saturated rings. The van der Waals surface area contributed by atoms with Gasteiger partial charge in [0.15, 0.2) is 5.76 Å². The van der Waals surface area contributed by atoms with Gasteiger partial charge in [-0.2, -0.15) is 13.2 Å². The lowest BCUT2D eigenvalue weighted by Gasteiger charge is -2.09. The highest BCUT2D eigenvalue weighted by Gasteiger charge is 2.30. The van der Waals surface area contributed by atoms with Crippen LogP contribution >= 0.6 is 11.8 Å². The predicted octanol–water partition coefficient (Wildman–Crippen LogP) is 7.04. The molecule has 1 atom stereocenters. The second kappa shape index (κ2) is 13.2. The Morgan fingerprint density at radius 2 is 1.76 bits per heavy atom. The molecule has 2 aromatic carbocycles. The van der Waals surface area contributed by atoms with Crippen LogP contribution < -0.4 is 10.9 Å². The Kier molecular flexibility index (Phi) is 9.40. The van der Waals surface area contributed by atoms with Crippen molar-refractivity contribution in [3.05, 3.63) is 118 Å². The molecule has 0 spiro atoms. The van der Waals surface area contributed by atoms with E-state index in [4.69, 9.17) is 4.42 Å². The number of thioether (sulfide) groups is 1. The first-order valence-electron chi connectivity index (χ1n) is 13.4. The number of carbonyl (C=O) groups is 2. The molecule has 0 saturated heterocycles. The van der Waals surface area contributed by atoms with Crippen LogP contribution in [0.15, 0.2) is 92.8 Å². The molecule has 0 saturated carbocycles. The first-order chi connectivity index (χ1) is 21.4. The van der Waals surface area contributed by atoms with E-state index in [1.54, 1.807) is 24.5 Å². The second-order valence-corrected chi connectivity index (χ2v) is 12.4. The number of benzene rings is 2. The van der Waals surface area contributed by atoms with Crippen LogP contribution in [0.1, 0.15) is 51.9 Å². The largest absolute Gasteiger partial charge is 0.455 e. The van der Waals surface area contributed by atoms with Crippen molar-refractivity contribution in [1.29, 1.82) is 0 Å². The van der Waals surface area contributed by atoms with Gasteiger partial charge in [-0.25, -0.2) is 9.37 Å². The molecule has 0 bridgehead atoms. The molecule has 2 amide bonds. The number of pyridine rings is 1. The van der Waals surface area contributed by atoms with E-state index in [0.29, 0.717) is 26.8 Å². The lowest BCUT2D eigenvalue weighted by Crippen LogP contribution is -2.41. The van der Waals surface area contributed by atoms with Crippen LogP contribution in [0.25, 0.3) is 17.2 Å². The van der Waals surface area contributed by atoms with E-state index in [9.17, 15) is 31.4 Å². The Bertz CT molecular complexity index is 1850. The van der Waals surface area contributed by atoms with Crippen LogP contribution in [0.3, 0.4) is 0 Å². The number of rotatable bonds is 8. The van der Waals surface area contributed by atoms with Gasteiger partial charge in [-0.3, -0.25) is 24.6 Å². The molecule has 1 unspecified atom stereocenters. The van der Waals surface area contributed by atoms with Crippen molar-refractivity contribution in [2.75, 3.05) is 6.26 Å². The third-order valence-corrected chi connectivity index (χ3v) is 8.84. The van der Waals surface area contributed by atoms with Gasteiger partial charge in [0.05, 0.1) is 22.8 Å². The van der Waals surface area contributed by atoms with Crippen LogP contribution in [-0.2, 0) is 27.5 Å². The summed E-state index contributed by atoms with van der Waals surface area (Å²) in [7, 11) is -1.11. The zero-order valence-corrected chi connectivity index (χ0v) is 25.5. The lowest BCUT2D eigenvalue weighted by molar-refractivity contribution is -0.137. The molecule has 0 aliphatic heterocycles. The normalized spacial score (nSPS) is 14.4. The third-order valence-electron chi connectivity index (χ3n) is 6.94. The number of nitrogens with one attached hydrogen (secondary N) is 2. The van der Waals surface area contributed by atoms with Gasteiger partial charge in [0.2, 0.25) is 5.91 Å². The Morgan fingerprint density at radius 1 is 1.00 bits per heavy atom. The number of fused-ring (bicyclic) bond motifs is 1. The fourth-order valence-electron chi connectivity index (χ4n) is 4.65. The summed E-state index contributed by atoms with van der Waals surface area (Å²) in [6, 6.07) is 16.7. The standard InChI is InChI=1S/C32H25F4N3O4S2/c1-18-25(13-19-3-8-23(9-4-19)45(2)42)24-10-6-21(33)14-27(24)26(18)15-29(40)38-39-31(41)28-11-7-22(43-28)17-44-30-12-5-20(16-37-30)32(34,35)36/h3-14,16H,15,17H2,1-2H3,(H,38,40)(H,39,41)/b25-13-. The van der Waals surface area contributed by atoms with Crippen LogP contribution in [0, 0.1) is 5.82 Å². The minimum Gasteiger partial charge on any atom is -0.455 e. The molecular weight excluding hydrogens is 630 g/mol. The fraction of sp³-hybridized carbons (Fsp3) is 0.156. The minimum absolute atomic E-state index is 0.0851. The summed E-state index contributed by atoms with van der Waals surface area (Å²) in [5.41, 5.74) is 8.18. The molecule has 1 aliphatic rings. The van der Waals surface area contributed by atoms with Gasteiger partial charge in [0, 0.05) is 28.1 Å². The number of amides is 2. The smallest absolute Gasteiger partial charge is 0.417 e. The highest BCUT2D eigenvalue weighted by atomic mass is 32.2. The number of halogens is 4. The summed E-state index contributed by atoms with van der Waals surface area (Å²) in [5.74, 6) is -1.21. The quantitative estimate of drug-likeness (QED) is 0.120. The number of hydrazine groups is 1. The number of furan rings is 1. The van der Waals surface area contributed by atoms with Crippen LogP contribution in [0.5, 0.6) is 0 Å². The Balaban J connectivity index is 1.21. The van der Waals surface area contributed by atoms with Gasteiger partial charge >= 0.3 is 12.1 Å². The van der Waals surface area contributed by atoms with Crippen LogP contribution in [-0.4, -0.2) is 27.3 Å². The van der Waals surface area contributed by atoms with E-state index in [-0.39, 0.29) is 17.9 Å². The zero-order valence-electron chi connectivity index (χ0n) is 23.8. The van der Waals surface area contributed by atoms with Gasteiger partial charge in [0.25, 0.3) is 0 Å². The van der Waals surface area contributed by atoms with E-state index in [2.05, 4.69) is 15.8 Å². The van der Waals surface area contributed by atoms with Crippen molar-refractivity contribution in [1.82, 2.24) is 15.8 Å². The average molecular weight is 656 g/mol. The van der Waals surface area contributed by atoms with Gasteiger partial charge in [-0.15, -0.1) is 0 Å². The summed E-state index contributed by atoms with van der Waals surface area (Å²) in [5, 5.41) is 0.348. The maximum absolute atomic E-state index is 14.2. The van der Waals surface area contributed by atoms with Crippen molar-refractivity contribution < 1.29 is 35.8 Å². The highest BCUT2D eigenvalue weighted by molar-refractivity contribution is 7.98. The first kappa shape index (κ1) is 31.9. The van der Waals surface area contributed by atoms with E-state index in [1.165, 1.54) is 30.3 Å². The Labute approximate surface area is 262 Å². The van der Waals surface area contributed by atoms with Crippen molar-refractivity contribution >= 4 is 51.6 Å². The number of aromatic nitrogens is 1.